The van der Waals surface area contributed by atoms with E-state index in [0.29, 0.717) is 28.9 Å². The monoisotopic (exact) mass is 369 g/mol. The summed E-state index contributed by atoms with van der Waals surface area (Å²) in [6, 6.07) is 3.81. The van der Waals surface area contributed by atoms with Crippen molar-refractivity contribution in [3.63, 3.8) is 0 Å². The quantitative estimate of drug-likeness (QED) is 0.659. The van der Waals surface area contributed by atoms with Crippen LogP contribution in [0, 0.1) is 0 Å². The SMILES string of the molecule is COc1cc(CNC(=S)NCCN2CCOCC2)cc(OC)c1OC. The Kier molecular flexibility index (Phi) is 8.03. The van der Waals surface area contributed by atoms with Gasteiger partial charge in [-0.05, 0) is 29.9 Å². The third kappa shape index (κ3) is 5.91. The smallest absolute Gasteiger partial charge is 0.203 e. The van der Waals surface area contributed by atoms with Crippen LogP contribution in [0.25, 0.3) is 0 Å². The molecule has 0 aromatic heterocycles. The molecule has 140 valence electrons. The molecule has 25 heavy (non-hydrogen) atoms. The van der Waals surface area contributed by atoms with E-state index in [1.54, 1.807) is 21.3 Å². The zero-order chi connectivity index (χ0) is 18.1. The zero-order valence-corrected chi connectivity index (χ0v) is 15.9. The highest BCUT2D eigenvalue weighted by molar-refractivity contribution is 7.80. The molecule has 7 nitrogen and oxygen atoms in total. The fraction of sp³-hybridized carbons (Fsp3) is 0.588. The number of morpholine rings is 1. The molecule has 0 unspecified atom stereocenters. The molecule has 2 rings (SSSR count). The molecule has 1 aromatic carbocycles. The fourth-order valence-corrected chi connectivity index (χ4v) is 2.81. The molecule has 0 saturated carbocycles. The van der Waals surface area contributed by atoms with Gasteiger partial charge < -0.3 is 29.6 Å². The van der Waals surface area contributed by atoms with Gasteiger partial charge in [0.25, 0.3) is 0 Å². The second kappa shape index (κ2) is 10.3. The summed E-state index contributed by atoms with van der Waals surface area (Å²) >= 11 is 5.34. The van der Waals surface area contributed by atoms with Crippen LogP contribution in [-0.2, 0) is 11.3 Å². The van der Waals surface area contributed by atoms with Crippen molar-refractivity contribution in [2.45, 2.75) is 6.54 Å². The van der Waals surface area contributed by atoms with Crippen molar-refractivity contribution in [1.29, 1.82) is 0 Å². The molecular formula is C17H27N3O4S. The molecule has 1 saturated heterocycles. The van der Waals surface area contributed by atoms with Gasteiger partial charge >= 0.3 is 0 Å². The molecule has 0 spiro atoms. The van der Waals surface area contributed by atoms with E-state index in [-0.39, 0.29) is 0 Å². The van der Waals surface area contributed by atoms with Crippen molar-refractivity contribution >= 4 is 17.3 Å². The Labute approximate surface area is 154 Å². The first-order chi connectivity index (χ1) is 12.2. The van der Waals surface area contributed by atoms with Gasteiger partial charge in [-0.1, -0.05) is 0 Å². The number of benzene rings is 1. The van der Waals surface area contributed by atoms with Crippen molar-refractivity contribution in [1.82, 2.24) is 15.5 Å². The van der Waals surface area contributed by atoms with E-state index in [4.69, 9.17) is 31.2 Å². The Balaban J connectivity index is 1.80. The summed E-state index contributed by atoms with van der Waals surface area (Å²) in [6.45, 7) is 5.91. The highest BCUT2D eigenvalue weighted by Gasteiger charge is 2.13. The highest BCUT2D eigenvalue weighted by atomic mass is 32.1. The van der Waals surface area contributed by atoms with Gasteiger partial charge in [0, 0.05) is 32.7 Å². The average molecular weight is 369 g/mol. The minimum absolute atomic E-state index is 0.570. The van der Waals surface area contributed by atoms with Gasteiger partial charge in [-0.3, -0.25) is 4.90 Å². The number of hydrogen-bond donors (Lipinski definition) is 2. The van der Waals surface area contributed by atoms with Crippen LogP contribution in [0.15, 0.2) is 12.1 Å². The number of nitrogens with one attached hydrogen (secondary N) is 2. The molecule has 0 amide bonds. The predicted molar refractivity (Wildman–Crippen MR) is 101 cm³/mol. The Morgan fingerprint density at radius 3 is 2.28 bits per heavy atom. The molecule has 0 aliphatic carbocycles. The maximum Gasteiger partial charge on any atom is 0.203 e. The number of thiocarbonyl (C=S) groups is 1. The highest BCUT2D eigenvalue weighted by Crippen LogP contribution is 2.38. The van der Waals surface area contributed by atoms with Crippen LogP contribution in [-0.4, -0.2) is 70.7 Å². The molecule has 1 aliphatic heterocycles. The first kappa shape index (κ1) is 19.6. The third-order valence-corrected chi connectivity index (χ3v) is 4.28. The normalized spacial score (nSPS) is 14.7. The van der Waals surface area contributed by atoms with E-state index in [2.05, 4.69) is 15.5 Å². The molecule has 1 fully saturated rings. The van der Waals surface area contributed by atoms with Crippen LogP contribution >= 0.6 is 12.2 Å². The lowest BCUT2D eigenvalue weighted by atomic mass is 10.2. The lowest BCUT2D eigenvalue weighted by molar-refractivity contribution is 0.0389. The summed E-state index contributed by atoms with van der Waals surface area (Å²) in [7, 11) is 4.80. The summed E-state index contributed by atoms with van der Waals surface area (Å²) < 4.78 is 21.4. The van der Waals surface area contributed by atoms with Crippen molar-refractivity contribution < 1.29 is 18.9 Å². The lowest BCUT2D eigenvalue weighted by Crippen LogP contribution is -2.43. The van der Waals surface area contributed by atoms with Crippen LogP contribution in [0.5, 0.6) is 17.2 Å². The Hall–Kier alpha value is -1.77. The van der Waals surface area contributed by atoms with Gasteiger partial charge in [0.15, 0.2) is 16.6 Å². The standard InChI is InChI=1S/C17H27N3O4S/c1-21-14-10-13(11-15(22-2)16(14)23-3)12-19-17(25)18-4-5-20-6-8-24-9-7-20/h10-11H,4-9,12H2,1-3H3,(H2,18,19,25). The first-order valence-electron chi connectivity index (χ1n) is 8.28. The maximum atomic E-state index is 5.36. The molecule has 1 aliphatic rings. The fourth-order valence-electron chi connectivity index (χ4n) is 2.63. The third-order valence-electron chi connectivity index (χ3n) is 3.99. The van der Waals surface area contributed by atoms with Gasteiger partial charge in [0.2, 0.25) is 5.75 Å². The molecule has 2 N–H and O–H groups in total. The molecule has 8 heteroatoms. The Morgan fingerprint density at radius 1 is 1.08 bits per heavy atom. The van der Waals surface area contributed by atoms with E-state index in [1.807, 2.05) is 12.1 Å². The molecular weight excluding hydrogens is 342 g/mol. The van der Waals surface area contributed by atoms with E-state index in [0.717, 1.165) is 45.0 Å². The van der Waals surface area contributed by atoms with Gasteiger partial charge in [0.05, 0.1) is 34.5 Å². The predicted octanol–water partition coefficient (Wildman–Crippen LogP) is 1.01. The van der Waals surface area contributed by atoms with E-state index >= 15 is 0 Å². The maximum absolute atomic E-state index is 5.36. The minimum Gasteiger partial charge on any atom is -0.493 e. The van der Waals surface area contributed by atoms with Crippen molar-refractivity contribution in [3.05, 3.63) is 17.7 Å². The zero-order valence-electron chi connectivity index (χ0n) is 15.1. The second-order valence-electron chi connectivity index (χ2n) is 5.60. The number of methoxy groups -OCH3 is 3. The topological polar surface area (TPSA) is 64.2 Å². The van der Waals surface area contributed by atoms with Crippen molar-refractivity contribution in [2.75, 3.05) is 60.7 Å². The number of nitrogens with zero attached hydrogens (tertiary/aromatic N) is 1. The molecule has 0 atom stereocenters. The average Bonchev–Trinajstić information content (AvgIpc) is 2.66. The van der Waals surface area contributed by atoms with E-state index in [9.17, 15) is 0 Å². The second-order valence-corrected chi connectivity index (χ2v) is 6.01. The van der Waals surface area contributed by atoms with Crippen LogP contribution in [0.4, 0.5) is 0 Å². The molecule has 1 aromatic rings. The summed E-state index contributed by atoms with van der Waals surface area (Å²) in [4.78, 5) is 2.36. The van der Waals surface area contributed by atoms with E-state index in [1.165, 1.54) is 0 Å². The number of rotatable bonds is 8. The molecule has 1 heterocycles. The summed E-state index contributed by atoms with van der Waals surface area (Å²) in [6.07, 6.45) is 0. The molecule has 0 bridgehead atoms. The van der Waals surface area contributed by atoms with Crippen LogP contribution in [0.3, 0.4) is 0 Å². The van der Waals surface area contributed by atoms with Gasteiger partial charge in [-0.2, -0.15) is 0 Å². The molecule has 0 radical (unpaired) electrons. The number of hydrogen-bond acceptors (Lipinski definition) is 6. The van der Waals surface area contributed by atoms with Crippen LogP contribution in [0.1, 0.15) is 5.56 Å². The summed E-state index contributed by atoms with van der Waals surface area (Å²) in [5.41, 5.74) is 0.992. The van der Waals surface area contributed by atoms with Crippen molar-refractivity contribution in [3.8, 4) is 17.2 Å². The Morgan fingerprint density at radius 2 is 1.72 bits per heavy atom. The Bertz CT molecular complexity index is 540. The van der Waals surface area contributed by atoms with Crippen LogP contribution < -0.4 is 24.8 Å². The first-order valence-corrected chi connectivity index (χ1v) is 8.69. The largest absolute Gasteiger partial charge is 0.493 e. The van der Waals surface area contributed by atoms with Crippen LogP contribution in [0.2, 0.25) is 0 Å². The lowest BCUT2D eigenvalue weighted by Gasteiger charge is -2.26. The van der Waals surface area contributed by atoms with Gasteiger partial charge in [0.1, 0.15) is 0 Å². The van der Waals surface area contributed by atoms with Gasteiger partial charge in [-0.25, -0.2) is 0 Å². The summed E-state index contributed by atoms with van der Waals surface area (Å²) in [5.74, 6) is 1.84. The van der Waals surface area contributed by atoms with Crippen molar-refractivity contribution in [2.24, 2.45) is 0 Å². The minimum atomic E-state index is 0.570. The van der Waals surface area contributed by atoms with E-state index < -0.39 is 0 Å². The summed E-state index contributed by atoms with van der Waals surface area (Å²) in [5, 5.41) is 7.06. The number of ether oxygens (including phenoxy) is 4. The van der Waals surface area contributed by atoms with Gasteiger partial charge in [-0.15, -0.1) is 0 Å².